The minimum atomic E-state index is 0.519. The number of hydrogen-bond acceptors (Lipinski definition) is 4. The van der Waals surface area contributed by atoms with Gasteiger partial charge < -0.3 is 5.73 Å². The lowest BCUT2D eigenvalue weighted by Gasteiger charge is -2.04. The number of rotatable bonds is 3. The van der Waals surface area contributed by atoms with Gasteiger partial charge in [0.15, 0.2) is 0 Å². The first-order valence-electron chi connectivity index (χ1n) is 5.97. The fraction of sp³-hybridized carbons (Fsp3) is 0.0714. The number of H-pyrrole nitrogens is 1. The SMILES string of the molecule is NCc1cccc(-c2[nH]ncc2-c2ccncn2)c1. The van der Waals surface area contributed by atoms with Gasteiger partial charge in [0.05, 0.1) is 17.6 Å². The Bertz CT molecular complexity index is 675. The Hall–Kier alpha value is -2.53. The Labute approximate surface area is 110 Å². The highest BCUT2D eigenvalue weighted by Gasteiger charge is 2.10. The van der Waals surface area contributed by atoms with Crippen molar-refractivity contribution in [3.05, 3.63) is 54.6 Å². The van der Waals surface area contributed by atoms with Crippen LogP contribution < -0.4 is 5.73 Å². The molecule has 3 rings (SSSR count). The molecule has 1 aromatic carbocycles. The van der Waals surface area contributed by atoms with Gasteiger partial charge in [0, 0.05) is 23.9 Å². The molecular formula is C14H13N5. The molecule has 0 spiro atoms. The maximum absolute atomic E-state index is 5.67. The first-order chi connectivity index (χ1) is 9.38. The zero-order chi connectivity index (χ0) is 13.1. The lowest BCUT2D eigenvalue weighted by Crippen LogP contribution is -1.96. The van der Waals surface area contributed by atoms with Crippen molar-refractivity contribution >= 4 is 0 Å². The fourth-order valence-corrected chi connectivity index (χ4v) is 2.00. The van der Waals surface area contributed by atoms with Crippen LogP contribution in [0.2, 0.25) is 0 Å². The number of nitrogens with one attached hydrogen (secondary N) is 1. The van der Waals surface area contributed by atoms with E-state index in [1.165, 1.54) is 6.33 Å². The fourth-order valence-electron chi connectivity index (χ4n) is 2.00. The van der Waals surface area contributed by atoms with Crippen LogP contribution >= 0.6 is 0 Å². The molecule has 3 N–H and O–H groups in total. The molecule has 0 saturated carbocycles. The molecule has 0 amide bonds. The second-order valence-electron chi connectivity index (χ2n) is 4.16. The largest absolute Gasteiger partial charge is 0.326 e. The summed E-state index contributed by atoms with van der Waals surface area (Å²) in [6.45, 7) is 0.519. The third kappa shape index (κ3) is 2.23. The van der Waals surface area contributed by atoms with E-state index in [0.29, 0.717) is 6.54 Å². The van der Waals surface area contributed by atoms with E-state index in [0.717, 1.165) is 28.1 Å². The normalized spacial score (nSPS) is 10.6. The summed E-state index contributed by atoms with van der Waals surface area (Å²) in [4.78, 5) is 8.18. The van der Waals surface area contributed by atoms with Crippen molar-refractivity contribution in [3.8, 4) is 22.5 Å². The van der Waals surface area contributed by atoms with E-state index >= 15 is 0 Å². The van der Waals surface area contributed by atoms with E-state index in [4.69, 9.17) is 5.73 Å². The third-order valence-corrected chi connectivity index (χ3v) is 2.95. The van der Waals surface area contributed by atoms with Gasteiger partial charge in [-0.05, 0) is 17.7 Å². The van der Waals surface area contributed by atoms with Crippen molar-refractivity contribution in [3.63, 3.8) is 0 Å². The summed E-state index contributed by atoms with van der Waals surface area (Å²) in [5.74, 6) is 0. The summed E-state index contributed by atoms with van der Waals surface area (Å²) >= 11 is 0. The summed E-state index contributed by atoms with van der Waals surface area (Å²) in [6, 6.07) is 9.93. The van der Waals surface area contributed by atoms with Crippen LogP contribution in [0.3, 0.4) is 0 Å². The van der Waals surface area contributed by atoms with Gasteiger partial charge in [0.1, 0.15) is 6.33 Å². The van der Waals surface area contributed by atoms with E-state index in [1.807, 2.05) is 24.3 Å². The smallest absolute Gasteiger partial charge is 0.116 e. The molecule has 0 unspecified atom stereocenters. The molecule has 3 aromatic rings. The average Bonchev–Trinajstić information content (AvgIpc) is 2.98. The van der Waals surface area contributed by atoms with Crippen molar-refractivity contribution in [2.24, 2.45) is 5.73 Å². The minimum Gasteiger partial charge on any atom is -0.326 e. The predicted octanol–water partition coefficient (Wildman–Crippen LogP) is 1.99. The number of aromatic nitrogens is 4. The molecule has 0 bridgehead atoms. The average molecular weight is 251 g/mol. The van der Waals surface area contributed by atoms with Crippen LogP contribution in [0.5, 0.6) is 0 Å². The molecule has 5 nitrogen and oxygen atoms in total. The second kappa shape index (κ2) is 4.99. The molecule has 0 aliphatic heterocycles. The topological polar surface area (TPSA) is 80.5 Å². The Morgan fingerprint density at radius 3 is 2.95 bits per heavy atom. The van der Waals surface area contributed by atoms with Crippen LogP contribution in [0.25, 0.3) is 22.5 Å². The maximum Gasteiger partial charge on any atom is 0.116 e. The van der Waals surface area contributed by atoms with Gasteiger partial charge in [-0.3, -0.25) is 5.10 Å². The summed E-state index contributed by atoms with van der Waals surface area (Å²) < 4.78 is 0. The quantitative estimate of drug-likeness (QED) is 0.746. The Morgan fingerprint density at radius 2 is 2.16 bits per heavy atom. The highest BCUT2D eigenvalue weighted by molar-refractivity contribution is 5.78. The highest BCUT2D eigenvalue weighted by Crippen LogP contribution is 2.28. The van der Waals surface area contributed by atoms with E-state index < -0.39 is 0 Å². The van der Waals surface area contributed by atoms with Gasteiger partial charge in [-0.1, -0.05) is 18.2 Å². The van der Waals surface area contributed by atoms with E-state index in [2.05, 4.69) is 26.2 Å². The standard InChI is InChI=1S/C14H13N5/c15-7-10-2-1-3-11(6-10)14-12(8-18-19-14)13-4-5-16-9-17-13/h1-6,8-9H,7,15H2,(H,18,19). The van der Waals surface area contributed by atoms with E-state index in [1.54, 1.807) is 12.4 Å². The van der Waals surface area contributed by atoms with Crippen molar-refractivity contribution in [1.29, 1.82) is 0 Å². The van der Waals surface area contributed by atoms with Crippen molar-refractivity contribution in [2.75, 3.05) is 0 Å². The summed E-state index contributed by atoms with van der Waals surface area (Å²) in [5.41, 5.74) is 10.5. The zero-order valence-corrected chi connectivity index (χ0v) is 10.2. The lowest BCUT2D eigenvalue weighted by atomic mass is 10.0. The number of benzene rings is 1. The van der Waals surface area contributed by atoms with Gasteiger partial charge in [-0.2, -0.15) is 5.10 Å². The monoisotopic (exact) mass is 251 g/mol. The molecule has 0 saturated heterocycles. The van der Waals surface area contributed by atoms with Gasteiger partial charge in [0.2, 0.25) is 0 Å². The van der Waals surface area contributed by atoms with Crippen LogP contribution in [-0.4, -0.2) is 20.2 Å². The first-order valence-corrected chi connectivity index (χ1v) is 5.97. The Balaban J connectivity index is 2.09. The Kier molecular flexibility index (Phi) is 3.04. The predicted molar refractivity (Wildman–Crippen MR) is 72.9 cm³/mol. The van der Waals surface area contributed by atoms with Crippen molar-refractivity contribution < 1.29 is 0 Å². The molecule has 0 fully saturated rings. The number of aromatic amines is 1. The second-order valence-corrected chi connectivity index (χ2v) is 4.16. The molecule has 94 valence electrons. The van der Waals surface area contributed by atoms with E-state index in [-0.39, 0.29) is 0 Å². The number of hydrogen-bond donors (Lipinski definition) is 2. The minimum absolute atomic E-state index is 0.519. The molecule has 19 heavy (non-hydrogen) atoms. The summed E-state index contributed by atoms with van der Waals surface area (Å²) in [6.07, 6.45) is 5.02. The molecule has 0 atom stereocenters. The van der Waals surface area contributed by atoms with Crippen LogP contribution in [0.4, 0.5) is 0 Å². The van der Waals surface area contributed by atoms with Crippen LogP contribution in [0, 0.1) is 0 Å². The molecule has 0 radical (unpaired) electrons. The highest BCUT2D eigenvalue weighted by atomic mass is 15.1. The van der Waals surface area contributed by atoms with Gasteiger partial charge in [0.25, 0.3) is 0 Å². The molecule has 2 aromatic heterocycles. The Morgan fingerprint density at radius 1 is 1.21 bits per heavy atom. The summed E-state index contributed by atoms with van der Waals surface area (Å²) in [5, 5.41) is 7.13. The molecule has 0 aliphatic rings. The third-order valence-electron chi connectivity index (χ3n) is 2.95. The van der Waals surface area contributed by atoms with Crippen LogP contribution in [0.1, 0.15) is 5.56 Å². The van der Waals surface area contributed by atoms with Gasteiger partial charge >= 0.3 is 0 Å². The maximum atomic E-state index is 5.67. The van der Waals surface area contributed by atoms with Gasteiger partial charge in [-0.25, -0.2) is 9.97 Å². The molecular weight excluding hydrogens is 238 g/mol. The van der Waals surface area contributed by atoms with Crippen LogP contribution in [0.15, 0.2) is 49.1 Å². The van der Waals surface area contributed by atoms with E-state index in [9.17, 15) is 0 Å². The molecule has 0 aliphatic carbocycles. The van der Waals surface area contributed by atoms with Gasteiger partial charge in [-0.15, -0.1) is 0 Å². The summed E-state index contributed by atoms with van der Waals surface area (Å²) in [7, 11) is 0. The van der Waals surface area contributed by atoms with Crippen molar-refractivity contribution in [2.45, 2.75) is 6.54 Å². The molecule has 5 heteroatoms. The first kappa shape index (κ1) is 11.6. The molecule has 2 heterocycles. The van der Waals surface area contributed by atoms with Crippen molar-refractivity contribution in [1.82, 2.24) is 20.2 Å². The lowest BCUT2D eigenvalue weighted by molar-refractivity contribution is 1.07. The van der Waals surface area contributed by atoms with Crippen LogP contribution in [-0.2, 0) is 6.54 Å². The number of nitrogens with two attached hydrogens (primary N) is 1. The zero-order valence-electron chi connectivity index (χ0n) is 10.2. The number of nitrogens with zero attached hydrogens (tertiary/aromatic N) is 3.